The molecule has 2 aromatic carbocycles. The van der Waals surface area contributed by atoms with Crippen LogP contribution in [0.1, 0.15) is 13.8 Å². The fourth-order valence-corrected chi connectivity index (χ4v) is 1.66. The van der Waals surface area contributed by atoms with Gasteiger partial charge in [0, 0.05) is 0 Å². The van der Waals surface area contributed by atoms with Crippen LogP contribution in [0, 0.1) is 0 Å². The topological polar surface area (TPSA) is 44.8 Å². The van der Waals surface area contributed by atoms with Gasteiger partial charge in [0.25, 0.3) is 0 Å². The molecule has 22 heavy (non-hydrogen) atoms. The number of carbonyl (C=O) groups excluding carboxylic acids is 1. The summed E-state index contributed by atoms with van der Waals surface area (Å²) in [6, 6.07) is 16.7. The lowest BCUT2D eigenvalue weighted by atomic mass is 10.3. The minimum Gasteiger partial charge on any atom is -0.464 e. The summed E-state index contributed by atoms with van der Waals surface area (Å²) in [6.45, 7) is 3.75. The van der Waals surface area contributed by atoms with Crippen molar-refractivity contribution in [2.45, 2.75) is 13.8 Å². The highest BCUT2D eigenvalue weighted by molar-refractivity contribution is 5.87. The van der Waals surface area contributed by atoms with Crippen molar-refractivity contribution in [3.05, 3.63) is 66.4 Å². The lowest BCUT2D eigenvalue weighted by Crippen LogP contribution is -2.06. The molecular weight excluding hydrogens is 280 g/mol. The number of hydrogen-bond acceptors (Lipinski definition) is 4. The highest BCUT2D eigenvalue weighted by Gasteiger charge is 2.05. The Balaban J connectivity index is 1.94. The van der Waals surface area contributed by atoms with E-state index in [0.717, 1.165) is 5.75 Å². The van der Waals surface area contributed by atoms with Gasteiger partial charge < -0.3 is 14.2 Å². The van der Waals surface area contributed by atoms with Gasteiger partial charge in [0.1, 0.15) is 23.5 Å². The average molecular weight is 298 g/mol. The first-order chi connectivity index (χ1) is 10.7. The zero-order valence-corrected chi connectivity index (χ0v) is 12.6. The number of benzene rings is 2. The van der Waals surface area contributed by atoms with Crippen LogP contribution in [0.25, 0.3) is 0 Å². The van der Waals surface area contributed by atoms with E-state index < -0.39 is 0 Å². The molecule has 0 radical (unpaired) electrons. The Morgan fingerprint density at radius 2 is 1.55 bits per heavy atom. The molecule has 0 aliphatic heterocycles. The normalized spacial score (nSPS) is 10.9. The maximum Gasteiger partial charge on any atom is 0.336 e. The Morgan fingerprint density at radius 3 is 2.18 bits per heavy atom. The summed E-state index contributed by atoms with van der Waals surface area (Å²) in [5.74, 6) is 1.72. The molecule has 0 bridgehead atoms. The predicted octanol–water partition coefficient (Wildman–Crippen LogP) is 4.32. The quantitative estimate of drug-likeness (QED) is 0.452. The summed E-state index contributed by atoms with van der Waals surface area (Å²) in [5, 5.41) is 0. The minimum atomic E-state index is -0.383. The van der Waals surface area contributed by atoms with E-state index in [-0.39, 0.29) is 5.97 Å². The number of carbonyl (C=O) groups is 1. The lowest BCUT2D eigenvalue weighted by molar-refractivity contribution is -0.138. The van der Waals surface area contributed by atoms with E-state index in [1.54, 1.807) is 38.1 Å². The van der Waals surface area contributed by atoms with Crippen molar-refractivity contribution in [2.24, 2.45) is 0 Å². The SMILES string of the molecule is CCOC(=O)/C(C)=C/Oc1ccc(Oc2ccccc2)cc1. The molecule has 0 aliphatic rings. The summed E-state index contributed by atoms with van der Waals surface area (Å²) < 4.78 is 16.0. The van der Waals surface area contributed by atoms with Gasteiger partial charge >= 0.3 is 5.97 Å². The maximum atomic E-state index is 11.4. The molecule has 0 aliphatic carbocycles. The predicted molar refractivity (Wildman–Crippen MR) is 84.0 cm³/mol. The molecule has 0 saturated heterocycles. The van der Waals surface area contributed by atoms with Gasteiger partial charge in [-0.25, -0.2) is 4.79 Å². The molecule has 2 rings (SSSR count). The summed E-state index contributed by atoms with van der Waals surface area (Å²) in [5.41, 5.74) is 0.409. The molecule has 0 fully saturated rings. The van der Waals surface area contributed by atoms with Crippen LogP contribution in [0.15, 0.2) is 66.4 Å². The first-order valence-electron chi connectivity index (χ1n) is 7.02. The second kappa shape index (κ2) is 7.88. The molecule has 0 amide bonds. The highest BCUT2D eigenvalue weighted by Crippen LogP contribution is 2.23. The van der Waals surface area contributed by atoms with Crippen LogP contribution >= 0.6 is 0 Å². The van der Waals surface area contributed by atoms with Crippen molar-refractivity contribution in [2.75, 3.05) is 6.61 Å². The van der Waals surface area contributed by atoms with Crippen molar-refractivity contribution >= 4 is 5.97 Å². The molecule has 0 saturated carbocycles. The lowest BCUT2D eigenvalue weighted by Gasteiger charge is -2.07. The molecule has 0 atom stereocenters. The molecule has 114 valence electrons. The number of esters is 1. The molecule has 0 unspecified atom stereocenters. The van der Waals surface area contributed by atoms with E-state index in [1.807, 2.05) is 30.3 Å². The third-order valence-corrected chi connectivity index (χ3v) is 2.77. The van der Waals surface area contributed by atoms with Gasteiger partial charge in [0.05, 0.1) is 12.2 Å². The Morgan fingerprint density at radius 1 is 0.955 bits per heavy atom. The maximum absolute atomic E-state index is 11.4. The smallest absolute Gasteiger partial charge is 0.336 e. The van der Waals surface area contributed by atoms with Gasteiger partial charge in [-0.15, -0.1) is 0 Å². The number of rotatable bonds is 6. The summed E-state index contributed by atoms with van der Waals surface area (Å²) in [7, 11) is 0. The van der Waals surface area contributed by atoms with Crippen molar-refractivity contribution in [1.82, 2.24) is 0 Å². The Labute approximate surface area is 129 Å². The Kier molecular flexibility index (Phi) is 5.60. The molecule has 0 N–H and O–H groups in total. The molecule has 0 aromatic heterocycles. The van der Waals surface area contributed by atoms with Gasteiger partial charge in [-0.2, -0.15) is 0 Å². The number of ether oxygens (including phenoxy) is 3. The highest BCUT2D eigenvalue weighted by atomic mass is 16.5. The van der Waals surface area contributed by atoms with Crippen molar-refractivity contribution in [3.63, 3.8) is 0 Å². The first-order valence-corrected chi connectivity index (χ1v) is 7.02. The number of hydrogen-bond donors (Lipinski definition) is 0. The van der Waals surface area contributed by atoms with Crippen molar-refractivity contribution < 1.29 is 19.0 Å². The average Bonchev–Trinajstić information content (AvgIpc) is 2.55. The largest absolute Gasteiger partial charge is 0.464 e. The van der Waals surface area contributed by atoms with Crippen LogP contribution in [0.5, 0.6) is 17.2 Å². The third-order valence-electron chi connectivity index (χ3n) is 2.77. The van der Waals surface area contributed by atoms with Gasteiger partial charge in [-0.1, -0.05) is 18.2 Å². The van der Waals surface area contributed by atoms with E-state index in [0.29, 0.717) is 23.7 Å². The third kappa shape index (κ3) is 4.66. The van der Waals surface area contributed by atoms with Gasteiger partial charge in [0.15, 0.2) is 0 Å². The summed E-state index contributed by atoms with van der Waals surface area (Å²) >= 11 is 0. The first kappa shape index (κ1) is 15.6. The Hall–Kier alpha value is -2.75. The van der Waals surface area contributed by atoms with Crippen LogP contribution in [0.4, 0.5) is 0 Å². The molecular formula is C18H18O4. The molecule has 4 heteroatoms. The van der Waals surface area contributed by atoms with Crippen LogP contribution in [0.3, 0.4) is 0 Å². The zero-order chi connectivity index (χ0) is 15.8. The van der Waals surface area contributed by atoms with Gasteiger partial charge in [-0.05, 0) is 50.2 Å². The fraction of sp³-hybridized carbons (Fsp3) is 0.167. The van der Waals surface area contributed by atoms with Crippen molar-refractivity contribution in [1.29, 1.82) is 0 Å². The van der Waals surface area contributed by atoms with E-state index in [2.05, 4.69) is 0 Å². The van der Waals surface area contributed by atoms with E-state index in [1.165, 1.54) is 6.26 Å². The summed E-state index contributed by atoms with van der Waals surface area (Å²) in [4.78, 5) is 11.4. The van der Waals surface area contributed by atoms with E-state index in [9.17, 15) is 4.79 Å². The second-order valence-electron chi connectivity index (χ2n) is 4.53. The molecule has 2 aromatic rings. The second-order valence-corrected chi connectivity index (χ2v) is 4.53. The standard InChI is InChI=1S/C18H18O4/c1-3-20-18(19)14(2)13-21-15-9-11-17(12-10-15)22-16-7-5-4-6-8-16/h4-13H,3H2,1-2H3/b14-13+. The summed E-state index contributed by atoms with van der Waals surface area (Å²) in [6.07, 6.45) is 1.38. The van der Waals surface area contributed by atoms with Crippen LogP contribution < -0.4 is 9.47 Å². The zero-order valence-electron chi connectivity index (χ0n) is 12.6. The van der Waals surface area contributed by atoms with Crippen molar-refractivity contribution in [3.8, 4) is 17.2 Å². The van der Waals surface area contributed by atoms with Crippen LogP contribution in [0.2, 0.25) is 0 Å². The van der Waals surface area contributed by atoms with Gasteiger partial charge in [0.2, 0.25) is 0 Å². The number of para-hydroxylation sites is 1. The monoisotopic (exact) mass is 298 g/mol. The molecule has 4 nitrogen and oxygen atoms in total. The molecule has 0 spiro atoms. The van der Waals surface area contributed by atoms with E-state index in [4.69, 9.17) is 14.2 Å². The minimum absolute atomic E-state index is 0.343. The van der Waals surface area contributed by atoms with Crippen LogP contribution in [-0.2, 0) is 9.53 Å². The van der Waals surface area contributed by atoms with Gasteiger partial charge in [-0.3, -0.25) is 0 Å². The van der Waals surface area contributed by atoms with Crippen LogP contribution in [-0.4, -0.2) is 12.6 Å². The Bertz CT molecular complexity index is 630. The molecule has 0 heterocycles. The van der Waals surface area contributed by atoms with E-state index >= 15 is 0 Å². The fourth-order valence-electron chi connectivity index (χ4n) is 1.66.